The van der Waals surface area contributed by atoms with Gasteiger partial charge in [0, 0.05) is 19.0 Å². The molecule has 1 amide bonds. The van der Waals surface area contributed by atoms with E-state index in [9.17, 15) is 14.3 Å². The maximum atomic E-state index is 13.1. The molecule has 23 heavy (non-hydrogen) atoms. The summed E-state index contributed by atoms with van der Waals surface area (Å²) in [7, 11) is 0. The molecule has 1 saturated heterocycles. The number of piperidine rings is 1. The summed E-state index contributed by atoms with van der Waals surface area (Å²) >= 11 is 0. The summed E-state index contributed by atoms with van der Waals surface area (Å²) in [6.45, 7) is 6.84. The Labute approximate surface area is 137 Å². The van der Waals surface area contributed by atoms with Crippen molar-refractivity contribution in [1.29, 1.82) is 0 Å². The smallest absolute Gasteiger partial charge is 0.410 e. The first kappa shape index (κ1) is 17.7. The molecule has 0 bridgehead atoms. The van der Waals surface area contributed by atoms with E-state index in [1.807, 2.05) is 20.8 Å². The van der Waals surface area contributed by atoms with Gasteiger partial charge in [-0.2, -0.15) is 0 Å². The molecule has 4 nitrogen and oxygen atoms in total. The highest BCUT2D eigenvalue weighted by Gasteiger charge is 2.31. The zero-order chi connectivity index (χ0) is 17.0. The van der Waals surface area contributed by atoms with Gasteiger partial charge < -0.3 is 14.7 Å². The van der Waals surface area contributed by atoms with E-state index in [1.54, 1.807) is 17.0 Å². The number of hydrogen-bond donors (Lipinski definition) is 1. The van der Waals surface area contributed by atoms with Crippen LogP contribution in [0.5, 0.6) is 0 Å². The number of carbonyl (C=O) groups is 1. The van der Waals surface area contributed by atoms with E-state index >= 15 is 0 Å². The lowest BCUT2D eigenvalue weighted by molar-refractivity contribution is 0.0165. The molecule has 0 radical (unpaired) electrons. The van der Waals surface area contributed by atoms with Crippen LogP contribution in [0.25, 0.3) is 0 Å². The highest BCUT2D eigenvalue weighted by atomic mass is 19.1. The summed E-state index contributed by atoms with van der Waals surface area (Å²) in [5.74, 6) is -0.00859. The number of rotatable bonds is 3. The van der Waals surface area contributed by atoms with Gasteiger partial charge in [-0.1, -0.05) is 12.1 Å². The molecule has 0 spiro atoms. The zero-order valence-electron chi connectivity index (χ0n) is 14.1. The SMILES string of the molecule is CC(C)(C)OC(=O)N1CCC(C(CO)c2ccc(F)cc2)CC1. The number of ether oxygens (including phenoxy) is 1. The number of carbonyl (C=O) groups excluding carboxylic acids is 1. The van der Waals surface area contributed by atoms with E-state index < -0.39 is 5.60 Å². The number of aliphatic hydroxyl groups excluding tert-OH is 1. The van der Waals surface area contributed by atoms with Gasteiger partial charge in [0.15, 0.2) is 0 Å². The average Bonchev–Trinajstić information content (AvgIpc) is 2.49. The van der Waals surface area contributed by atoms with Crippen molar-refractivity contribution in [3.63, 3.8) is 0 Å². The molecular weight excluding hydrogens is 297 g/mol. The predicted octanol–water partition coefficient (Wildman–Crippen LogP) is 3.55. The van der Waals surface area contributed by atoms with Gasteiger partial charge in [0.1, 0.15) is 11.4 Å². The second kappa shape index (κ2) is 7.30. The second-order valence-electron chi connectivity index (χ2n) is 7.15. The van der Waals surface area contributed by atoms with Crippen molar-refractivity contribution < 1.29 is 19.0 Å². The minimum atomic E-state index is -0.490. The largest absolute Gasteiger partial charge is 0.444 e. The molecule has 1 aromatic rings. The van der Waals surface area contributed by atoms with E-state index in [-0.39, 0.29) is 30.4 Å². The van der Waals surface area contributed by atoms with Crippen LogP contribution in [0.15, 0.2) is 24.3 Å². The van der Waals surface area contributed by atoms with Crippen LogP contribution in [0.3, 0.4) is 0 Å². The van der Waals surface area contributed by atoms with Gasteiger partial charge in [0.05, 0.1) is 6.61 Å². The summed E-state index contributed by atoms with van der Waals surface area (Å²) in [5, 5.41) is 9.73. The van der Waals surface area contributed by atoms with Crippen molar-refractivity contribution >= 4 is 6.09 Å². The van der Waals surface area contributed by atoms with E-state index in [2.05, 4.69) is 0 Å². The Morgan fingerprint density at radius 3 is 2.35 bits per heavy atom. The number of aliphatic hydroxyl groups is 1. The summed E-state index contributed by atoms with van der Waals surface area (Å²) in [6.07, 6.45) is 1.34. The summed E-state index contributed by atoms with van der Waals surface area (Å²) in [5.41, 5.74) is 0.458. The molecule has 2 rings (SSSR count). The number of likely N-dealkylation sites (tertiary alicyclic amines) is 1. The molecule has 1 N–H and O–H groups in total. The highest BCUT2D eigenvalue weighted by Crippen LogP contribution is 2.33. The Morgan fingerprint density at radius 1 is 1.30 bits per heavy atom. The van der Waals surface area contributed by atoms with Crippen LogP contribution < -0.4 is 0 Å². The normalized spacial score (nSPS) is 17.9. The molecule has 1 aromatic carbocycles. The molecule has 0 aliphatic carbocycles. The molecule has 1 unspecified atom stereocenters. The molecule has 1 fully saturated rings. The Balaban J connectivity index is 1.94. The summed E-state index contributed by atoms with van der Waals surface area (Å²) in [4.78, 5) is 13.8. The topological polar surface area (TPSA) is 49.8 Å². The quantitative estimate of drug-likeness (QED) is 0.925. The number of hydrogen-bond acceptors (Lipinski definition) is 3. The average molecular weight is 323 g/mol. The van der Waals surface area contributed by atoms with Crippen LogP contribution in [0.2, 0.25) is 0 Å². The summed E-state index contributed by atoms with van der Waals surface area (Å²) < 4.78 is 18.4. The third-order valence-corrected chi connectivity index (χ3v) is 4.26. The molecule has 1 aliphatic heterocycles. The second-order valence-corrected chi connectivity index (χ2v) is 7.15. The minimum Gasteiger partial charge on any atom is -0.444 e. The van der Waals surface area contributed by atoms with E-state index in [0.29, 0.717) is 13.1 Å². The Hall–Kier alpha value is -1.62. The predicted molar refractivity (Wildman–Crippen MR) is 86.8 cm³/mol. The van der Waals surface area contributed by atoms with E-state index in [1.165, 1.54) is 12.1 Å². The molecular formula is C18H26FNO3. The van der Waals surface area contributed by atoms with Crippen molar-refractivity contribution in [2.24, 2.45) is 5.92 Å². The molecule has 128 valence electrons. The Kier molecular flexibility index (Phi) is 5.63. The fourth-order valence-corrected chi connectivity index (χ4v) is 3.05. The lowest BCUT2D eigenvalue weighted by Gasteiger charge is -2.36. The number of benzene rings is 1. The van der Waals surface area contributed by atoms with Gasteiger partial charge in [0.2, 0.25) is 0 Å². The first-order valence-electron chi connectivity index (χ1n) is 8.14. The van der Waals surface area contributed by atoms with E-state index in [0.717, 1.165) is 18.4 Å². The van der Waals surface area contributed by atoms with Crippen molar-refractivity contribution in [3.05, 3.63) is 35.6 Å². The van der Waals surface area contributed by atoms with Gasteiger partial charge >= 0.3 is 6.09 Å². The van der Waals surface area contributed by atoms with Gasteiger partial charge in [-0.05, 0) is 57.2 Å². The van der Waals surface area contributed by atoms with Crippen LogP contribution in [-0.2, 0) is 4.74 Å². The molecule has 5 heteroatoms. The van der Waals surface area contributed by atoms with Crippen LogP contribution in [0.4, 0.5) is 9.18 Å². The lowest BCUT2D eigenvalue weighted by Crippen LogP contribution is -2.42. The van der Waals surface area contributed by atoms with Crippen LogP contribution in [0.1, 0.15) is 45.1 Å². The van der Waals surface area contributed by atoms with Gasteiger partial charge in [-0.25, -0.2) is 9.18 Å². The fourth-order valence-electron chi connectivity index (χ4n) is 3.05. The first-order valence-corrected chi connectivity index (χ1v) is 8.14. The van der Waals surface area contributed by atoms with Crippen molar-refractivity contribution in [3.8, 4) is 0 Å². The van der Waals surface area contributed by atoms with E-state index in [4.69, 9.17) is 4.74 Å². The van der Waals surface area contributed by atoms with Gasteiger partial charge in [-0.15, -0.1) is 0 Å². The molecule has 0 aromatic heterocycles. The summed E-state index contributed by atoms with van der Waals surface area (Å²) in [6, 6.07) is 6.31. The van der Waals surface area contributed by atoms with Gasteiger partial charge in [-0.3, -0.25) is 0 Å². The molecule has 1 atom stereocenters. The molecule has 1 heterocycles. The van der Waals surface area contributed by atoms with Crippen LogP contribution in [-0.4, -0.2) is 41.4 Å². The fraction of sp³-hybridized carbons (Fsp3) is 0.611. The third-order valence-electron chi connectivity index (χ3n) is 4.26. The Morgan fingerprint density at radius 2 is 1.87 bits per heavy atom. The Bertz CT molecular complexity index is 516. The zero-order valence-corrected chi connectivity index (χ0v) is 14.1. The van der Waals surface area contributed by atoms with Crippen LogP contribution in [0, 0.1) is 11.7 Å². The maximum Gasteiger partial charge on any atom is 0.410 e. The lowest BCUT2D eigenvalue weighted by atomic mass is 9.80. The number of nitrogens with zero attached hydrogens (tertiary/aromatic N) is 1. The monoisotopic (exact) mass is 323 g/mol. The number of halogens is 1. The maximum absolute atomic E-state index is 13.1. The first-order chi connectivity index (χ1) is 10.8. The minimum absolute atomic E-state index is 0.0172. The highest BCUT2D eigenvalue weighted by molar-refractivity contribution is 5.68. The standard InChI is InChI=1S/C18H26FNO3/c1-18(2,3)23-17(22)20-10-8-14(9-11-20)16(12-21)13-4-6-15(19)7-5-13/h4-7,14,16,21H,8-12H2,1-3H3. The molecule has 0 saturated carbocycles. The van der Waals surface area contributed by atoms with Crippen molar-refractivity contribution in [2.75, 3.05) is 19.7 Å². The molecule has 1 aliphatic rings. The van der Waals surface area contributed by atoms with Gasteiger partial charge in [0.25, 0.3) is 0 Å². The van der Waals surface area contributed by atoms with Crippen LogP contribution >= 0.6 is 0 Å². The number of amides is 1. The van der Waals surface area contributed by atoms with Crippen molar-refractivity contribution in [2.45, 2.75) is 45.1 Å². The third kappa shape index (κ3) is 4.93. The van der Waals surface area contributed by atoms with Crippen molar-refractivity contribution in [1.82, 2.24) is 4.90 Å².